The lowest BCUT2D eigenvalue weighted by Gasteiger charge is -2.24. The molecular formula is C32H31F3N4O2. The van der Waals surface area contributed by atoms with Crippen molar-refractivity contribution in [3.8, 4) is 0 Å². The fraction of sp³-hybridized carbons (Fsp3) is 0.250. The Morgan fingerprint density at radius 1 is 0.976 bits per heavy atom. The number of para-hydroxylation sites is 1. The highest BCUT2D eigenvalue weighted by molar-refractivity contribution is 6.02. The summed E-state index contributed by atoms with van der Waals surface area (Å²) >= 11 is 0. The van der Waals surface area contributed by atoms with Crippen molar-refractivity contribution < 1.29 is 22.7 Å². The largest absolute Gasteiger partial charge is 0.416 e. The highest BCUT2D eigenvalue weighted by Crippen LogP contribution is 2.45. The van der Waals surface area contributed by atoms with Crippen LogP contribution in [0.3, 0.4) is 0 Å². The van der Waals surface area contributed by atoms with Gasteiger partial charge in [-0.3, -0.25) is 0 Å². The summed E-state index contributed by atoms with van der Waals surface area (Å²) in [5.41, 5.74) is 4.27. The van der Waals surface area contributed by atoms with Crippen LogP contribution in [0.25, 0.3) is 0 Å². The molecule has 0 saturated heterocycles. The van der Waals surface area contributed by atoms with E-state index in [1.807, 2.05) is 37.3 Å². The molecule has 2 N–H and O–H groups in total. The summed E-state index contributed by atoms with van der Waals surface area (Å²) in [7, 11) is 0. The monoisotopic (exact) mass is 560 g/mol. The minimum Gasteiger partial charge on any atom is -0.369 e. The Balaban J connectivity index is 1.19. The van der Waals surface area contributed by atoms with E-state index in [0.29, 0.717) is 22.8 Å². The normalized spacial score (nSPS) is 14.8. The third-order valence-corrected chi connectivity index (χ3v) is 7.19. The van der Waals surface area contributed by atoms with Gasteiger partial charge < -0.3 is 20.3 Å². The van der Waals surface area contributed by atoms with Crippen molar-refractivity contribution in [2.45, 2.75) is 45.1 Å². The van der Waals surface area contributed by atoms with Crippen LogP contribution in [0.1, 0.15) is 49.1 Å². The minimum absolute atomic E-state index is 0.0615. The predicted molar refractivity (Wildman–Crippen MR) is 154 cm³/mol. The number of ether oxygens (including phenoxy) is 1. The summed E-state index contributed by atoms with van der Waals surface area (Å²) in [4.78, 5) is 19.6. The average molecular weight is 561 g/mol. The zero-order valence-corrected chi connectivity index (χ0v) is 23.0. The smallest absolute Gasteiger partial charge is 0.369 e. The zero-order valence-electron chi connectivity index (χ0n) is 23.0. The maximum atomic E-state index is 12.9. The van der Waals surface area contributed by atoms with Crippen LogP contribution in [-0.2, 0) is 22.9 Å². The Morgan fingerprint density at radius 2 is 1.68 bits per heavy atom. The second kappa shape index (κ2) is 11.2. The molecule has 6 nitrogen and oxygen atoms in total. The van der Waals surface area contributed by atoms with E-state index in [0.717, 1.165) is 29.9 Å². The Morgan fingerprint density at radius 3 is 2.39 bits per heavy atom. The van der Waals surface area contributed by atoms with Gasteiger partial charge in [0.15, 0.2) is 5.82 Å². The molecule has 3 aromatic carbocycles. The standard InChI is InChI=1S/C32H31F3N4O2/c1-21(41-19-22-10-14-24(15-11-22)32(33,34)35)23-12-16-25(17-13-23)37-30(40)38-27-8-6-18-36-29(27)39-20-31(2,3)26-7-4-5-9-28(26)39/h4-18,21H,19-20H2,1-3H3,(H2,37,38,40). The number of fused-ring (bicyclic) bond motifs is 1. The van der Waals surface area contributed by atoms with E-state index < -0.39 is 17.8 Å². The maximum absolute atomic E-state index is 12.9. The minimum atomic E-state index is -4.36. The van der Waals surface area contributed by atoms with Crippen molar-refractivity contribution in [3.63, 3.8) is 0 Å². The lowest BCUT2D eigenvalue weighted by atomic mass is 9.87. The summed E-state index contributed by atoms with van der Waals surface area (Å²) in [6, 6.07) is 23.6. The molecule has 41 heavy (non-hydrogen) atoms. The van der Waals surface area contributed by atoms with Gasteiger partial charge in [0.25, 0.3) is 0 Å². The number of nitrogens with zero attached hydrogens (tertiary/aromatic N) is 2. The molecule has 2 amide bonds. The Hall–Kier alpha value is -4.37. The van der Waals surface area contributed by atoms with Gasteiger partial charge in [-0.05, 0) is 66.1 Å². The van der Waals surface area contributed by atoms with Crippen molar-refractivity contribution in [1.82, 2.24) is 4.98 Å². The third kappa shape index (κ3) is 6.36. The molecule has 1 atom stereocenters. The second-order valence-electron chi connectivity index (χ2n) is 10.7. The number of hydrogen-bond acceptors (Lipinski definition) is 4. The van der Waals surface area contributed by atoms with Crippen molar-refractivity contribution in [3.05, 3.63) is 113 Å². The molecule has 1 aliphatic rings. The van der Waals surface area contributed by atoms with Gasteiger partial charge in [-0.2, -0.15) is 13.2 Å². The van der Waals surface area contributed by atoms with Gasteiger partial charge in [0.05, 0.1) is 24.0 Å². The highest BCUT2D eigenvalue weighted by Gasteiger charge is 2.36. The number of pyridine rings is 1. The molecular weight excluding hydrogens is 529 g/mol. The molecule has 0 spiro atoms. The molecule has 0 bridgehead atoms. The number of benzene rings is 3. The number of alkyl halides is 3. The number of nitrogens with one attached hydrogen (secondary N) is 2. The molecule has 1 unspecified atom stereocenters. The number of carbonyl (C=O) groups is 1. The average Bonchev–Trinajstić information content (AvgIpc) is 3.22. The molecule has 1 aromatic heterocycles. The van der Waals surface area contributed by atoms with Crippen molar-refractivity contribution in [2.75, 3.05) is 22.1 Å². The van der Waals surface area contributed by atoms with E-state index >= 15 is 0 Å². The predicted octanol–water partition coefficient (Wildman–Crippen LogP) is 8.45. The summed E-state index contributed by atoms with van der Waals surface area (Å²) in [6.07, 6.45) is -2.95. The van der Waals surface area contributed by atoms with Gasteiger partial charge in [0, 0.05) is 29.5 Å². The molecule has 0 radical (unpaired) electrons. The van der Waals surface area contributed by atoms with Crippen LogP contribution in [0.5, 0.6) is 0 Å². The molecule has 1 aliphatic heterocycles. The number of hydrogen-bond donors (Lipinski definition) is 2. The van der Waals surface area contributed by atoms with Crippen LogP contribution in [0.15, 0.2) is 91.1 Å². The lowest BCUT2D eigenvalue weighted by Crippen LogP contribution is -2.27. The fourth-order valence-electron chi connectivity index (χ4n) is 4.98. The fourth-order valence-corrected chi connectivity index (χ4v) is 4.98. The topological polar surface area (TPSA) is 66.5 Å². The van der Waals surface area contributed by atoms with E-state index in [2.05, 4.69) is 46.5 Å². The first-order valence-corrected chi connectivity index (χ1v) is 13.3. The second-order valence-corrected chi connectivity index (χ2v) is 10.7. The van der Waals surface area contributed by atoms with E-state index in [1.54, 1.807) is 24.4 Å². The molecule has 4 aromatic rings. The number of halogens is 3. The van der Waals surface area contributed by atoms with Gasteiger partial charge in [-0.15, -0.1) is 0 Å². The van der Waals surface area contributed by atoms with Gasteiger partial charge in [-0.25, -0.2) is 9.78 Å². The molecule has 0 aliphatic carbocycles. The highest BCUT2D eigenvalue weighted by atomic mass is 19.4. The van der Waals surface area contributed by atoms with Crippen LogP contribution in [0.2, 0.25) is 0 Å². The Labute approximate surface area is 237 Å². The number of carbonyl (C=O) groups excluding carboxylic acids is 1. The number of urea groups is 1. The van der Waals surface area contributed by atoms with Gasteiger partial charge in [-0.1, -0.05) is 56.3 Å². The van der Waals surface area contributed by atoms with E-state index in [-0.39, 0.29) is 18.1 Å². The summed E-state index contributed by atoms with van der Waals surface area (Å²) in [5.74, 6) is 0.676. The number of aromatic nitrogens is 1. The van der Waals surface area contributed by atoms with Crippen LogP contribution in [-0.4, -0.2) is 17.6 Å². The first-order chi connectivity index (χ1) is 19.5. The number of amides is 2. The summed E-state index contributed by atoms with van der Waals surface area (Å²) in [5, 5.41) is 5.79. The quantitative estimate of drug-likeness (QED) is 0.238. The Bertz CT molecular complexity index is 1520. The van der Waals surface area contributed by atoms with E-state index in [1.165, 1.54) is 17.7 Å². The Kier molecular flexibility index (Phi) is 7.73. The van der Waals surface area contributed by atoms with Crippen LogP contribution < -0.4 is 15.5 Å². The van der Waals surface area contributed by atoms with Crippen molar-refractivity contribution in [1.29, 1.82) is 0 Å². The van der Waals surface area contributed by atoms with Gasteiger partial charge in [0.2, 0.25) is 0 Å². The van der Waals surface area contributed by atoms with Crippen LogP contribution in [0, 0.1) is 0 Å². The first kappa shape index (κ1) is 28.2. The van der Waals surface area contributed by atoms with Crippen molar-refractivity contribution in [2.24, 2.45) is 0 Å². The third-order valence-electron chi connectivity index (χ3n) is 7.19. The summed E-state index contributed by atoms with van der Waals surface area (Å²) < 4.78 is 44.1. The van der Waals surface area contributed by atoms with Crippen molar-refractivity contribution >= 4 is 28.9 Å². The van der Waals surface area contributed by atoms with Gasteiger partial charge in [0.1, 0.15) is 0 Å². The molecule has 9 heteroatoms. The zero-order chi connectivity index (χ0) is 29.2. The van der Waals surface area contributed by atoms with Crippen LogP contribution >= 0.6 is 0 Å². The first-order valence-electron chi connectivity index (χ1n) is 13.3. The van der Waals surface area contributed by atoms with Crippen LogP contribution in [0.4, 0.5) is 40.8 Å². The van der Waals surface area contributed by atoms with E-state index in [9.17, 15) is 18.0 Å². The van der Waals surface area contributed by atoms with Gasteiger partial charge >= 0.3 is 12.2 Å². The maximum Gasteiger partial charge on any atom is 0.416 e. The van der Waals surface area contributed by atoms with E-state index in [4.69, 9.17) is 4.74 Å². The lowest BCUT2D eigenvalue weighted by molar-refractivity contribution is -0.137. The SMILES string of the molecule is CC(OCc1ccc(C(F)(F)F)cc1)c1ccc(NC(=O)Nc2cccnc2N2CC(C)(C)c3ccccc32)cc1. The molecule has 0 fully saturated rings. The molecule has 2 heterocycles. The summed E-state index contributed by atoms with van der Waals surface area (Å²) in [6.45, 7) is 7.16. The molecule has 212 valence electrons. The molecule has 5 rings (SSSR count). The molecule has 0 saturated carbocycles. The number of rotatable bonds is 7. The number of anilines is 4.